The maximum atomic E-state index is 12.9. The molecule has 0 aliphatic carbocycles. The Morgan fingerprint density at radius 1 is 0.607 bits per heavy atom. The van der Waals surface area contributed by atoms with E-state index in [1.165, 1.54) is 91.0 Å². The molecule has 17 heteroatoms. The zero-order valence-electron chi connectivity index (χ0n) is 29.4. The van der Waals surface area contributed by atoms with Crippen molar-refractivity contribution in [2.75, 3.05) is 19.8 Å². The molecule has 2 fully saturated rings. The topological polar surface area (TPSA) is 268 Å². The minimum absolute atomic E-state index is 0.0168. The average Bonchev–Trinajstić information content (AvgIpc) is 3.43. The molecule has 2 saturated heterocycles. The Labute approximate surface area is 319 Å². The first-order valence-electron chi connectivity index (χ1n) is 17.1. The van der Waals surface area contributed by atoms with Gasteiger partial charge in [-0.3, -0.25) is 0 Å². The lowest BCUT2D eigenvalue weighted by molar-refractivity contribution is -0.383. The fraction of sp³-hybridized carbons (Fsp3) is 0.308. The molecule has 298 valence electrons. The van der Waals surface area contributed by atoms with Crippen molar-refractivity contribution in [2.24, 2.45) is 0 Å². The van der Waals surface area contributed by atoms with Crippen LogP contribution < -0.4 is 0 Å². The highest BCUT2D eigenvalue weighted by atomic mass is 16.8. The van der Waals surface area contributed by atoms with Gasteiger partial charge in [-0.1, -0.05) is 36.4 Å². The highest BCUT2D eigenvalue weighted by Crippen LogP contribution is 2.37. The molecule has 2 aliphatic rings. The summed E-state index contributed by atoms with van der Waals surface area (Å²) in [5.74, 6) is -5.37. The van der Waals surface area contributed by atoms with Crippen LogP contribution in [-0.4, -0.2) is 133 Å². The summed E-state index contributed by atoms with van der Waals surface area (Å²) in [5, 5.41) is 82.8. The van der Waals surface area contributed by atoms with E-state index in [4.69, 9.17) is 28.4 Å². The molecule has 3 aromatic rings. The summed E-state index contributed by atoms with van der Waals surface area (Å²) in [6.45, 7) is -2.50. The van der Waals surface area contributed by atoms with Crippen LogP contribution in [0, 0.1) is 0 Å². The van der Waals surface area contributed by atoms with Crippen molar-refractivity contribution in [1.82, 2.24) is 0 Å². The average molecular weight is 781 g/mol. The Bertz CT molecular complexity index is 1870. The van der Waals surface area contributed by atoms with E-state index in [1.807, 2.05) is 0 Å². The van der Waals surface area contributed by atoms with Crippen molar-refractivity contribution in [3.05, 3.63) is 108 Å². The summed E-state index contributed by atoms with van der Waals surface area (Å²) in [4.78, 5) is 37.8. The molecule has 2 heterocycles. The highest BCUT2D eigenvalue weighted by Gasteiger charge is 2.59. The first-order valence-corrected chi connectivity index (χ1v) is 17.1. The number of aliphatic hydroxyl groups excluding tert-OH is 5. The van der Waals surface area contributed by atoms with E-state index in [0.717, 1.165) is 18.2 Å². The van der Waals surface area contributed by atoms with Gasteiger partial charge in [0, 0.05) is 18.2 Å². The Hall–Kier alpha value is -5.63. The van der Waals surface area contributed by atoms with Crippen molar-refractivity contribution in [3.8, 4) is 17.2 Å². The van der Waals surface area contributed by atoms with E-state index in [9.17, 15) is 55.2 Å². The number of esters is 3. The summed E-state index contributed by atoms with van der Waals surface area (Å²) >= 11 is 0. The number of rotatable bonds is 14. The molecule has 2 aliphatic heterocycles. The minimum Gasteiger partial charge on any atom is -0.508 e. The van der Waals surface area contributed by atoms with Gasteiger partial charge < -0.3 is 69.3 Å². The van der Waals surface area contributed by atoms with Gasteiger partial charge in [0.05, 0.1) is 0 Å². The van der Waals surface area contributed by atoms with Gasteiger partial charge in [-0.25, -0.2) is 14.4 Å². The lowest BCUT2D eigenvalue weighted by Crippen LogP contribution is -2.63. The van der Waals surface area contributed by atoms with Gasteiger partial charge in [0.15, 0.2) is 6.10 Å². The molecule has 5 rings (SSSR count). The lowest BCUT2D eigenvalue weighted by Gasteiger charge is -2.44. The van der Waals surface area contributed by atoms with Crippen LogP contribution in [0.15, 0.2) is 91.0 Å². The van der Waals surface area contributed by atoms with Crippen molar-refractivity contribution < 1.29 is 83.7 Å². The quantitative estimate of drug-likeness (QED) is 0.0629. The third kappa shape index (κ3) is 10.8. The summed E-state index contributed by atoms with van der Waals surface area (Å²) in [6, 6.07) is 17.5. The second-order valence-corrected chi connectivity index (χ2v) is 12.6. The van der Waals surface area contributed by atoms with E-state index in [0.29, 0.717) is 16.7 Å². The molecule has 0 spiro atoms. The number of ether oxygens (including phenoxy) is 6. The van der Waals surface area contributed by atoms with Gasteiger partial charge in [-0.05, 0) is 71.3 Å². The molecule has 0 aromatic heterocycles. The number of phenols is 3. The maximum Gasteiger partial charge on any atom is 0.331 e. The first-order chi connectivity index (χ1) is 26.8. The molecular formula is C39H40O17. The summed E-state index contributed by atoms with van der Waals surface area (Å²) in [5.41, 5.74) is 1.59. The molecule has 0 unspecified atom stereocenters. The standard InChI is InChI=1S/C39H40O17/c40-21-39(37(50)34(48)29(55-39)20-52-31(45)17-8-23-3-12-26(42)13-4-23)56-38-36(54-32(46)18-9-24-5-14-27(43)15-6-24)35(49)33(47)28(53-38)19-51-30(44)16-7-22-1-10-25(41)11-2-22/h1-18,28-29,33-38,40-43,47-50H,19-21H2/b16-7+,17-8+,18-9+/t28-,29-,33-,34-,35+,36-,37+,38-,39+/m1/s1. The van der Waals surface area contributed by atoms with Crippen molar-refractivity contribution in [1.29, 1.82) is 0 Å². The van der Waals surface area contributed by atoms with Crippen LogP contribution in [0.2, 0.25) is 0 Å². The second kappa shape index (κ2) is 18.8. The normalized spacial score (nSPS) is 27.8. The molecular weight excluding hydrogens is 740 g/mol. The summed E-state index contributed by atoms with van der Waals surface area (Å²) in [7, 11) is 0. The predicted molar refractivity (Wildman–Crippen MR) is 192 cm³/mol. The molecule has 3 aromatic carbocycles. The molecule has 0 saturated carbocycles. The van der Waals surface area contributed by atoms with Gasteiger partial charge in [0.25, 0.3) is 0 Å². The Morgan fingerprint density at radius 2 is 1.04 bits per heavy atom. The maximum absolute atomic E-state index is 12.9. The van der Waals surface area contributed by atoms with Crippen LogP contribution >= 0.6 is 0 Å². The van der Waals surface area contributed by atoms with Crippen molar-refractivity contribution in [2.45, 2.75) is 54.8 Å². The number of carbonyl (C=O) groups is 3. The van der Waals surface area contributed by atoms with Gasteiger partial charge in [0.2, 0.25) is 12.1 Å². The third-order valence-corrected chi connectivity index (χ3v) is 8.63. The Balaban J connectivity index is 1.30. The monoisotopic (exact) mass is 780 g/mol. The molecule has 56 heavy (non-hydrogen) atoms. The second-order valence-electron chi connectivity index (χ2n) is 12.6. The van der Waals surface area contributed by atoms with E-state index in [-0.39, 0.29) is 17.2 Å². The molecule has 8 N–H and O–H groups in total. The third-order valence-electron chi connectivity index (χ3n) is 8.63. The highest BCUT2D eigenvalue weighted by molar-refractivity contribution is 5.88. The Morgan fingerprint density at radius 3 is 1.48 bits per heavy atom. The number of aliphatic hydroxyl groups is 5. The predicted octanol–water partition coefficient (Wildman–Crippen LogP) is 0.514. The summed E-state index contributed by atoms with van der Waals surface area (Å²) in [6.07, 6.45) is -7.47. The van der Waals surface area contributed by atoms with Gasteiger partial charge in [-0.15, -0.1) is 0 Å². The molecule has 9 atom stereocenters. The van der Waals surface area contributed by atoms with Gasteiger partial charge in [-0.2, -0.15) is 0 Å². The zero-order valence-corrected chi connectivity index (χ0v) is 29.4. The molecule has 0 amide bonds. The summed E-state index contributed by atoms with van der Waals surface area (Å²) < 4.78 is 33.0. The number of aromatic hydroxyl groups is 3. The van der Waals surface area contributed by atoms with E-state index in [1.54, 1.807) is 0 Å². The SMILES string of the molecule is O=C(/C=C/c1ccc(O)cc1)OC[C@H]1O[C@@](CO)(O[C@H]2O[C@H](COC(=O)/C=C/c3ccc(O)cc3)[C@@H](O)[C@H](O)[C@H]2OC(=O)/C=C/c2ccc(O)cc2)[C@@H](O)[C@@H]1O. The number of hydrogen-bond donors (Lipinski definition) is 8. The van der Waals surface area contributed by atoms with E-state index < -0.39 is 92.5 Å². The first kappa shape index (κ1) is 41.5. The van der Waals surface area contributed by atoms with Crippen LogP contribution in [0.3, 0.4) is 0 Å². The van der Waals surface area contributed by atoms with E-state index in [2.05, 4.69) is 0 Å². The van der Waals surface area contributed by atoms with Gasteiger partial charge >= 0.3 is 17.9 Å². The molecule has 0 bridgehead atoms. The lowest BCUT2D eigenvalue weighted by atomic mass is 9.98. The number of carbonyl (C=O) groups excluding carboxylic acids is 3. The molecule has 17 nitrogen and oxygen atoms in total. The van der Waals surface area contributed by atoms with Crippen LogP contribution in [0.1, 0.15) is 16.7 Å². The smallest absolute Gasteiger partial charge is 0.331 e. The van der Waals surface area contributed by atoms with Crippen LogP contribution in [0.25, 0.3) is 18.2 Å². The van der Waals surface area contributed by atoms with E-state index >= 15 is 0 Å². The molecule has 0 radical (unpaired) electrons. The number of hydrogen-bond acceptors (Lipinski definition) is 17. The minimum atomic E-state index is -2.55. The van der Waals surface area contributed by atoms with Crippen LogP contribution in [0.4, 0.5) is 0 Å². The Kier molecular flexibility index (Phi) is 13.9. The van der Waals surface area contributed by atoms with Gasteiger partial charge in [0.1, 0.15) is 73.7 Å². The van der Waals surface area contributed by atoms with Crippen LogP contribution in [-0.2, 0) is 42.8 Å². The largest absolute Gasteiger partial charge is 0.508 e. The zero-order chi connectivity index (χ0) is 40.4. The number of phenolic OH excluding ortho intramolecular Hbond substituents is 3. The van der Waals surface area contributed by atoms with Crippen molar-refractivity contribution >= 4 is 36.1 Å². The van der Waals surface area contributed by atoms with Crippen LogP contribution in [0.5, 0.6) is 17.2 Å². The fourth-order valence-electron chi connectivity index (χ4n) is 5.56. The number of benzene rings is 3. The van der Waals surface area contributed by atoms with Crippen molar-refractivity contribution in [3.63, 3.8) is 0 Å². The fourth-order valence-corrected chi connectivity index (χ4v) is 5.56.